The lowest BCUT2D eigenvalue weighted by molar-refractivity contribution is 0.337. The van der Waals surface area contributed by atoms with Gasteiger partial charge in [-0.25, -0.2) is 9.97 Å². The number of imidazole rings is 1. The average molecular weight is 259 g/mol. The van der Waals surface area contributed by atoms with E-state index in [1.54, 1.807) is 0 Å². The second-order valence-electron chi connectivity index (χ2n) is 5.21. The summed E-state index contributed by atoms with van der Waals surface area (Å²) in [5.74, 6) is 0.902. The van der Waals surface area contributed by atoms with Gasteiger partial charge in [0, 0.05) is 19.8 Å². The Morgan fingerprint density at radius 1 is 1.26 bits per heavy atom. The largest absolute Gasteiger partial charge is 0.368 e. The maximum absolute atomic E-state index is 4.40. The first-order chi connectivity index (χ1) is 9.34. The highest BCUT2D eigenvalue weighted by Crippen LogP contribution is 2.18. The van der Waals surface area contributed by atoms with Gasteiger partial charge in [0.05, 0.1) is 11.8 Å². The number of rotatable bonds is 5. The van der Waals surface area contributed by atoms with Crippen LogP contribution in [-0.4, -0.2) is 45.6 Å². The van der Waals surface area contributed by atoms with Crippen molar-refractivity contribution in [3.05, 3.63) is 18.6 Å². The Hall–Kier alpha value is -1.62. The van der Waals surface area contributed by atoms with Crippen LogP contribution in [0, 0.1) is 0 Å². The molecule has 1 N–H and O–H groups in total. The van der Waals surface area contributed by atoms with Gasteiger partial charge in [0.25, 0.3) is 0 Å². The summed E-state index contributed by atoms with van der Waals surface area (Å²) in [6.45, 7) is 4.69. The molecule has 0 unspecified atom stereocenters. The highest BCUT2D eigenvalue weighted by atomic mass is 15.1. The van der Waals surface area contributed by atoms with Crippen molar-refractivity contribution in [3.8, 4) is 0 Å². The van der Waals surface area contributed by atoms with Crippen molar-refractivity contribution in [1.82, 2.24) is 19.4 Å². The molecule has 0 amide bonds. The van der Waals surface area contributed by atoms with Crippen LogP contribution in [0.2, 0.25) is 0 Å². The highest BCUT2D eigenvalue weighted by Gasteiger charge is 2.10. The Balaban J connectivity index is 1.56. The Kier molecular flexibility index (Phi) is 3.64. The van der Waals surface area contributed by atoms with E-state index < -0.39 is 0 Å². The second-order valence-corrected chi connectivity index (χ2v) is 5.21. The summed E-state index contributed by atoms with van der Waals surface area (Å²) in [6.07, 6.45) is 7.56. The predicted molar refractivity (Wildman–Crippen MR) is 77.3 cm³/mol. The van der Waals surface area contributed by atoms with Crippen LogP contribution < -0.4 is 5.32 Å². The summed E-state index contributed by atoms with van der Waals surface area (Å²) in [4.78, 5) is 11.3. The smallest absolute Gasteiger partial charge is 0.154 e. The minimum Gasteiger partial charge on any atom is -0.368 e. The van der Waals surface area contributed by atoms with E-state index in [2.05, 4.69) is 20.2 Å². The summed E-state index contributed by atoms with van der Waals surface area (Å²) < 4.78 is 2.02. The molecule has 1 fully saturated rings. The normalized spacial score (nSPS) is 16.3. The first-order valence-corrected chi connectivity index (χ1v) is 7.07. The third kappa shape index (κ3) is 2.71. The fourth-order valence-corrected chi connectivity index (χ4v) is 2.71. The number of pyridine rings is 1. The Labute approximate surface area is 113 Å². The molecule has 0 aromatic carbocycles. The second kappa shape index (κ2) is 5.57. The molecule has 1 saturated heterocycles. The van der Waals surface area contributed by atoms with E-state index in [1.165, 1.54) is 32.5 Å². The molecule has 3 heterocycles. The van der Waals surface area contributed by atoms with E-state index in [9.17, 15) is 0 Å². The summed E-state index contributed by atoms with van der Waals surface area (Å²) in [6, 6.07) is 2.00. The van der Waals surface area contributed by atoms with Gasteiger partial charge in [-0.15, -0.1) is 0 Å². The molecule has 3 rings (SSSR count). The summed E-state index contributed by atoms with van der Waals surface area (Å²) in [5.41, 5.74) is 2.09. The van der Waals surface area contributed by atoms with Crippen molar-refractivity contribution in [1.29, 1.82) is 0 Å². The van der Waals surface area contributed by atoms with Crippen molar-refractivity contribution >= 4 is 16.9 Å². The first-order valence-electron chi connectivity index (χ1n) is 7.07. The van der Waals surface area contributed by atoms with Gasteiger partial charge in [-0.05, 0) is 45.0 Å². The molecule has 0 saturated carbocycles. The molecule has 2 aromatic heterocycles. The molecule has 0 bridgehead atoms. The molecule has 0 aliphatic carbocycles. The van der Waals surface area contributed by atoms with E-state index >= 15 is 0 Å². The van der Waals surface area contributed by atoms with Gasteiger partial charge in [0.1, 0.15) is 5.52 Å². The van der Waals surface area contributed by atoms with E-state index in [-0.39, 0.29) is 0 Å². The van der Waals surface area contributed by atoms with Crippen LogP contribution in [0.25, 0.3) is 11.0 Å². The Bertz CT molecular complexity index is 542. The van der Waals surface area contributed by atoms with Crippen molar-refractivity contribution < 1.29 is 0 Å². The maximum atomic E-state index is 4.40. The topological polar surface area (TPSA) is 46.0 Å². The predicted octanol–water partition coefficient (Wildman–Crippen LogP) is 1.87. The lowest BCUT2D eigenvalue weighted by Crippen LogP contribution is -2.22. The number of aromatic nitrogens is 3. The number of nitrogens with zero attached hydrogens (tertiary/aromatic N) is 4. The third-order valence-corrected chi connectivity index (χ3v) is 3.79. The van der Waals surface area contributed by atoms with Crippen molar-refractivity contribution in [2.24, 2.45) is 7.05 Å². The molecule has 19 heavy (non-hydrogen) atoms. The summed E-state index contributed by atoms with van der Waals surface area (Å²) >= 11 is 0. The minimum absolute atomic E-state index is 0.902. The number of hydrogen-bond acceptors (Lipinski definition) is 4. The fourth-order valence-electron chi connectivity index (χ4n) is 2.71. The molecular weight excluding hydrogens is 238 g/mol. The molecule has 102 valence electrons. The van der Waals surface area contributed by atoms with E-state index in [0.29, 0.717) is 0 Å². The van der Waals surface area contributed by atoms with Crippen LogP contribution in [0.1, 0.15) is 19.3 Å². The van der Waals surface area contributed by atoms with Crippen LogP contribution in [0.5, 0.6) is 0 Å². The quantitative estimate of drug-likeness (QED) is 0.833. The van der Waals surface area contributed by atoms with Gasteiger partial charge in [0.2, 0.25) is 0 Å². The third-order valence-electron chi connectivity index (χ3n) is 3.79. The number of fused-ring (bicyclic) bond motifs is 1. The maximum Gasteiger partial charge on any atom is 0.154 e. The number of aryl methyl sites for hydroxylation is 1. The standard InChI is InChI=1S/C14H21N5/c1-18-11-17-13-12(18)5-7-16-14(13)15-6-4-10-19-8-2-3-9-19/h5,7,11H,2-4,6,8-10H2,1H3,(H,15,16). The fraction of sp³-hybridized carbons (Fsp3) is 0.571. The van der Waals surface area contributed by atoms with E-state index in [1.807, 2.05) is 30.2 Å². The number of nitrogens with one attached hydrogen (secondary N) is 1. The molecule has 1 aliphatic heterocycles. The zero-order chi connectivity index (χ0) is 13.1. The number of hydrogen-bond donors (Lipinski definition) is 1. The molecule has 0 spiro atoms. The van der Waals surface area contributed by atoms with E-state index in [0.717, 1.165) is 29.8 Å². The van der Waals surface area contributed by atoms with Gasteiger partial charge < -0.3 is 14.8 Å². The van der Waals surface area contributed by atoms with Crippen molar-refractivity contribution in [2.75, 3.05) is 31.5 Å². The lowest BCUT2D eigenvalue weighted by Gasteiger charge is -2.14. The number of likely N-dealkylation sites (tertiary alicyclic amines) is 1. The van der Waals surface area contributed by atoms with Crippen molar-refractivity contribution in [3.63, 3.8) is 0 Å². The average Bonchev–Trinajstić information content (AvgIpc) is 3.06. The molecule has 0 radical (unpaired) electrons. The van der Waals surface area contributed by atoms with Crippen LogP contribution in [0.4, 0.5) is 5.82 Å². The van der Waals surface area contributed by atoms with Crippen LogP contribution in [0.3, 0.4) is 0 Å². The van der Waals surface area contributed by atoms with E-state index in [4.69, 9.17) is 0 Å². The van der Waals surface area contributed by atoms with Crippen LogP contribution in [-0.2, 0) is 7.05 Å². The van der Waals surface area contributed by atoms with Gasteiger partial charge in [-0.3, -0.25) is 0 Å². The Morgan fingerprint density at radius 3 is 2.95 bits per heavy atom. The van der Waals surface area contributed by atoms with Crippen LogP contribution in [0.15, 0.2) is 18.6 Å². The molecule has 0 atom stereocenters. The minimum atomic E-state index is 0.902. The zero-order valence-corrected chi connectivity index (χ0v) is 11.5. The highest BCUT2D eigenvalue weighted by molar-refractivity contribution is 5.85. The summed E-state index contributed by atoms with van der Waals surface area (Å²) in [5, 5.41) is 3.41. The van der Waals surface area contributed by atoms with Gasteiger partial charge in [-0.2, -0.15) is 0 Å². The van der Waals surface area contributed by atoms with Crippen molar-refractivity contribution in [2.45, 2.75) is 19.3 Å². The van der Waals surface area contributed by atoms with Gasteiger partial charge in [0.15, 0.2) is 5.82 Å². The zero-order valence-electron chi connectivity index (χ0n) is 11.5. The molecular formula is C14H21N5. The number of anilines is 1. The first kappa shape index (κ1) is 12.4. The summed E-state index contributed by atoms with van der Waals surface area (Å²) in [7, 11) is 2.01. The Morgan fingerprint density at radius 2 is 2.11 bits per heavy atom. The SMILES string of the molecule is Cn1cnc2c(NCCCN3CCCC3)nccc21. The van der Waals surface area contributed by atoms with Gasteiger partial charge in [-0.1, -0.05) is 0 Å². The molecule has 5 nitrogen and oxygen atoms in total. The molecule has 5 heteroatoms. The van der Waals surface area contributed by atoms with Gasteiger partial charge >= 0.3 is 0 Å². The van der Waals surface area contributed by atoms with Crippen LogP contribution >= 0.6 is 0 Å². The monoisotopic (exact) mass is 259 g/mol. The lowest BCUT2D eigenvalue weighted by atomic mass is 10.3. The molecule has 1 aliphatic rings. The molecule has 2 aromatic rings.